The third-order valence-corrected chi connectivity index (χ3v) is 3.51. The lowest BCUT2D eigenvalue weighted by molar-refractivity contribution is -0.659. The van der Waals surface area contributed by atoms with Crippen molar-refractivity contribution in [3.8, 4) is 11.3 Å². The molecule has 0 aliphatic heterocycles. The van der Waals surface area contributed by atoms with E-state index in [2.05, 4.69) is 4.85 Å². The Bertz CT molecular complexity index is 940. The molecular weight excluding hydrogens is 244 g/mol. The van der Waals surface area contributed by atoms with Gasteiger partial charge in [-0.05, 0) is 30.0 Å². The van der Waals surface area contributed by atoms with E-state index in [1.54, 1.807) is 18.2 Å². The average Bonchev–Trinajstić information content (AvgIpc) is 2.50. The van der Waals surface area contributed by atoms with Crippen molar-refractivity contribution >= 4 is 16.5 Å². The zero-order valence-corrected chi connectivity index (χ0v) is 11.4. The number of fused-ring (bicyclic) bond motifs is 1. The first-order valence-corrected chi connectivity index (χ1v) is 6.39. The Balaban J connectivity index is 2.41. The Morgan fingerprint density at radius 3 is 2.90 bits per heavy atom. The Labute approximate surface area is 121 Å². The van der Waals surface area contributed by atoms with Crippen molar-refractivity contribution in [2.75, 3.05) is 0 Å². The Kier molecular flexibility index (Phi) is 2.43. The van der Waals surface area contributed by atoms with Gasteiger partial charge in [0.1, 0.15) is 7.05 Å². The van der Waals surface area contributed by atoms with E-state index in [1.165, 1.54) is 0 Å². The summed E-state index contributed by atoms with van der Waals surface area (Å²) in [7, 11) is 1.96. The molecule has 0 spiro atoms. The number of aryl methyl sites for hydroxylation is 1. The fourth-order valence-electron chi connectivity index (χ4n) is 2.47. The van der Waals surface area contributed by atoms with Crippen molar-refractivity contribution in [1.82, 2.24) is 0 Å². The van der Waals surface area contributed by atoms with E-state index >= 15 is 0 Å². The van der Waals surface area contributed by atoms with Gasteiger partial charge in [0.15, 0.2) is 11.9 Å². The summed E-state index contributed by atoms with van der Waals surface area (Å²) in [6.07, 6.45) is 1.95. The topological polar surface area (TPSA) is 8.24 Å². The Morgan fingerprint density at radius 1 is 1.25 bits per heavy atom. The molecule has 96 valence electrons. The molecule has 2 heteroatoms. The van der Waals surface area contributed by atoms with E-state index in [4.69, 9.17) is 9.31 Å². The summed E-state index contributed by atoms with van der Waals surface area (Å²) in [6.45, 7) is 9.05. The molecule has 0 bridgehead atoms. The molecular formula is C18H15N2+. The van der Waals surface area contributed by atoms with Crippen LogP contribution in [0.5, 0.6) is 0 Å². The van der Waals surface area contributed by atoms with Gasteiger partial charge >= 0.3 is 0 Å². The summed E-state index contributed by atoms with van der Waals surface area (Å²) in [5.74, 6) is 0. The summed E-state index contributed by atoms with van der Waals surface area (Å²) < 4.78 is 17.9. The maximum Gasteiger partial charge on any atom is 0.220 e. The van der Waals surface area contributed by atoms with Crippen LogP contribution in [-0.4, -0.2) is 0 Å². The monoisotopic (exact) mass is 261 g/mol. The van der Waals surface area contributed by atoms with Gasteiger partial charge in [0, 0.05) is 11.6 Å². The first-order chi connectivity index (χ1) is 10.5. The normalized spacial score (nSPS) is 11.8. The minimum absolute atomic E-state index is 0.334. The van der Waals surface area contributed by atoms with Gasteiger partial charge in [-0.1, -0.05) is 30.3 Å². The molecule has 0 atom stereocenters. The van der Waals surface area contributed by atoms with Crippen molar-refractivity contribution in [2.24, 2.45) is 7.05 Å². The van der Waals surface area contributed by atoms with E-state index in [0.29, 0.717) is 17.8 Å². The molecule has 0 aliphatic carbocycles. The van der Waals surface area contributed by atoms with Gasteiger partial charge in [0.2, 0.25) is 5.69 Å². The van der Waals surface area contributed by atoms with Crippen LogP contribution in [0.3, 0.4) is 0 Å². The van der Waals surface area contributed by atoms with E-state index in [1.807, 2.05) is 42.9 Å². The zero-order chi connectivity index (χ0) is 15.9. The molecule has 3 rings (SSSR count). The van der Waals surface area contributed by atoms with E-state index in [-0.39, 0.29) is 0 Å². The summed E-state index contributed by atoms with van der Waals surface area (Å²) >= 11 is 0. The highest BCUT2D eigenvalue weighted by Gasteiger charge is 2.16. The molecule has 20 heavy (non-hydrogen) atoms. The van der Waals surface area contributed by atoms with Crippen LogP contribution in [0.15, 0.2) is 54.7 Å². The van der Waals surface area contributed by atoms with Crippen LogP contribution in [0, 0.1) is 13.5 Å². The molecule has 0 aliphatic rings. The molecule has 0 amide bonds. The van der Waals surface area contributed by atoms with E-state index < -0.39 is 0 Å². The van der Waals surface area contributed by atoms with Gasteiger partial charge in [0.25, 0.3) is 0 Å². The number of nitrogens with zero attached hydrogens (tertiary/aromatic N) is 2. The van der Waals surface area contributed by atoms with Crippen molar-refractivity contribution in [1.29, 1.82) is 0 Å². The van der Waals surface area contributed by atoms with Gasteiger partial charge < -0.3 is 0 Å². The van der Waals surface area contributed by atoms with Gasteiger partial charge in [-0.3, -0.25) is 0 Å². The fourth-order valence-corrected chi connectivity index (χ4v) is 2.47. The second-order valence-electron chi connectivity index (χ2n) is 4.80. The largest absolute Gasteiger partial charge is 0.238 e. The fraction of sp³-hybridized carbons (Fsp3) is 0.111. The lowest BCUT2D eigenvalue weighted by atomic mass is 9.99. The third-order valence-electron chi connectivity index (χ3n) is 3.51. The van der Waals surface area contributed by atoms with Gasteiger partial charge in [0.05, 0.1) is 14.7 Å². The van der Waals surface area contributed by atoms with Crippen LogP contribution in [0.25, 0.3) is 26.9 Å². The van der Waals surface area contributed by atoms with Crippen LogP contribution in [-0.2, 0) is 7.05 Å². The van der Waals surface area contributed by atoms with Gasteiger partial charge in [-0.15, -0.1) is 0 Å². The molecule has 0 N–H and O–H groups in total. The van der Waals surface area contributed by atoms with Crippen molar-refractivity contribution < 1.29 is 7.31 Å². The van der Waals surface area contributed by atoms with Crippen LogP contribution in [0.2, 0.25) is 0 Å². The second kappa shape index (κ2) is 4.79. The number of rotatable bonds is 1. The summed E-state index contributed by atoms with van der Waals surface area (Å²) in [4.78, 5) is 3.47. The SMILES string of the molecule is [2H]c1cc([2H])c(C)c(-c2c3ccc([N+]#[C-])cc3cc[n+]2C)c1. The van der Waals surface area contributed by atoms with Gasteiger partial charge in [-0.25, -0.2) is 9.41 Å². The number of pyridine rings is 1. The Hall–Kier alpha value is -2.66. The molecule has 0 saturated heterocycles. The first-order valence-electron chi connectivity index (χ1n) is 7.39. The van der Waals surface area contributed by atoms with Crippen molar-refractivity contribution in [3.63, 3.8) is 0 Å². The zero-order valence-electron chi connectivity index (χ0n) is 13.4. The average molecular weight is 261 g/mol. The maximum absolute atomic E-state index is 8.02. The lowest BCUT2D eigenvalue weighted by Crippen LogP contribution is -2.30. The molecule has 0 saturated carbocycles. The lowest BCUT2D eigenvalue weighted by Gasteiger charge is -2.07. The second-order valence-corrected chi connectivity index (χ2v) is 4.80. The standard InChI is InChI=1S/C18H15N2/c1-13-6-4-5-7-16(13)18-17-9-8-15(19-2)12-14(17)10-11-20(18)3/h4-12H,1,3H3/q+1/i5D,6D. The minimum atomic E-state index is 0.334. The van der Waals surface area contributed by atoms with Crippen LogP contribution < -0.4 is 4.57 Å². The number of benzene rings is 2. The predicted octanol–water partition coefficient (Wildman–Crippen LogP) is 4.19. The molecule has 0 radical (unpaired) electrons. The Morgan fingerprint density at radius 2 is 2.10 bits per heavy atom. The van der Waals surface area contributed by atoms with Crippen LogP contribution in [0.1, 0.15) is 8.30 Å². The highest BCUT2D eigenvalue weighted by Crippen LogP contribution is 2.29. The molecule has 2 nitrogen and oxygen atoms in total. The molecule has 0 unspecified atom stereocenters. The number of hydrogen-bond donors (Lipinski definition) is 0. The van der Waals surface area contributed by atoms with Crippen molar-refractivity contribution in [2.45, 2.75) is 6.92 Å². The minimum Gasteiger partial charge on any atom is -0.238 e. The van der Waals surface area contributed by atoms with Crippen molar-refractivity contribution in [3.05, 3.63) is 71.7 Å². The quantitative estimate of drug-likeness (QED) is 0.458. The predicted molar refractivity (Wildman–Crippen MR) is 81.6 cm³/mol. The summed E-state index contributed by atoms with van der Waals surface area (Å²) in [5, 5.41) is 2.01. The molecule has 0 fully saturated rings. The third kappa shape index (κ3) is 1.94. The number of hydrogen-bond acceptors (Lipinski definition) is 0. The highest BCUT2D eigenvalue weighted by molar-refractivity contribution is 5.95. The summed E-state index contributed by atoms with van der Waals surface area (Å²) in [6, 6.07) is 11.7. The van der Waals surface area contributed by atoms with Gasteiger partial charge in [-0.2, -0.15) is 0 Å². The first kappa shape index (κ1) is 10.2. The molecule has 2 aromatic carbocycles. The highest BCUT2D eigenvalue weighted by atomic mass is 14.9. The number of aromatic nitrogens is 1. The molecule has 3 aromatic rings. The van der Waals surface area contributed by atoms with Crippen LogP contribution in [0.4, 0.5) is 5.69 Å². The van der Waals surface area contributed by atoms with E-state index in [9.17, 15) is 0 Å². The smallest absolute Gasteiger partial charge is 0.220 e. The summed E-state index contributed by atoms with van der Waals surface area (Å²) in [5.41, 5.74) is 3.32. The van der Waals surface area contributed by atoms with Crippen LogP contribution >= 0.6 is 0 Å². The van der Waals surface area contributed by atoms with E-state index in [0.717, 1.165) is 27.6 Å². The molecule has 1 aromatic heterocycles. The maximum atomic E-state index is 8.02. The molecule has 1 heterocycles.